The molecule has 0 fully saturated rings. The number of likely N-dealkylation sites (N-methyl/N-ethyl adjacent to an activating group) is 1. The van der Waals surface area contributed by atoms with E-state index in [4.69, 9.17) is 16.3 Å². The SMILES string of the molecule is CCNC(=O)[C@H](C)N(Cc1ccccc1Cl)C(=O)CN(c1cccc(OC)c1)S(=O)(=O)c1ccc(C)cc1. The largest absolute Gasteiger partial charge is 0.497 e. The van der Waals surface area contributed by atoms with E-state index in [-0.39, 0.29) is 23.0 Å². The number of carbonyl (C=O) groups is 2. The van der Waals surface area contributed by atoms with E-state index in [1.54, 1.807) is 74.5 Å². The lowest BCUT2D eigenvalue weighted by atomic mass is 10.1. The summed E-state index contributed by atoms with van der Waals surface area (Å²) in [4.78, 5) is 28.0. The Balaban J connectivity index is 2.06. The number of hydrogen-bond donors (Lipinski definition) is 1. The minimum absolute atomic E-state index is 0.0212. The van der Waals surface area contributed by atoms with Crippen molar-refractivity contribution in [3.8, 4) is 5.75 Å². The molecule has 0 radical (unpaired) electrons. The molecule has 3 aromatic rings. The van der Waals surface area contributed by atoms with E-state index in [0.717, 1.165) is 9.87 Å². The van der Waals surface area contributed by atoms with E-state index in [2.05, 4.69) is 5.32 Å². The summed E-state index contributed by atoms with van der Waals surface area (Å²) < 4.78 is 34.0. The Morgan fingerprint density at radius 1 is 1.03 bits per heavy atom. The van der Waals surface area contributed by atoms with Gasteiger partial charge in [0, 0.05) is 24.2 Å². The highest BCUT2D eigenvalue weighted by atomic mass is 35.5. The third kappa shape index (κ3) is 6.85. The standard InChI is InChI=1S/C28H32ClN3O5S/c1-5-30-28(34)21(3)31(18-22-9-6-7-12-26(22)29)27(33)19-32(23-10-8-11-24(17-23)37-4)38(35,36)25-15-13-20(2)14-16-25/h6-17,21H,5,18-19H2,1-4H3,(H,30,34)/t21-/m0/s1. The molecular formula is C28H32ClN3O5S. The first-order valence-electron chi connectivity index (χ1n) is 12.1. The summed E-state index contributed by atoms with van der Waals surface area (Å²) in [6, 6.07) is 19.0. The van der Waals surface area contributed by atoms with E-state index in [9.17, 15) is 18.0 Å². The first-order chi connectivity index (χ1) is 18.1. The molecule has 0 heterocycles. The molecule has 0 aliphatic heterocycles. The van der Waals surface area contributed by atoms with Crippen LogP contribution in [-0.2, 0) is 26.2 Å². The third-order valence-corrected chi connectivity index (χ3v) is 8.20. The molecule has 8 nitrogen and oxygen atoms in total. The maximum atomic E-state index is 13.8. The van der Waals surface area contributed by atoms with Gasteiger partial charge in [-0.3, -0.25) is 13.9 Å². The summed E-state index contributed by atoms with van der Waals surface area (Å²) in [6.07, 6.45) is 0. The maximum Gasteiger partial charge on any atom is 0.264 e. The number of amides is 2. The highest BCUT2D eigenvalue weighted by molar-refractivity contribution is 7.92. The molecule has 3 rings (SSSR count). The molecule has 10 heteroatoms. The molecule has 0 aromatic heterocycles. The summed E-state index contributed by atoms with van der Waals surface area (Å²) in [5.41, 5.74) is 1.78. The van der Waals surface area contributed by atoms with Gasteiger partial charge in [-0.1, -0.05) is 53.6 Å². The van der Waals surface area contributed by atoms with Gasteiger partial charge >= 0.3 is 0 Å². The molecule has 0 saturated carbocycles. The third-order valence-electron chi connectivity index (χ3n) is 6.05. The van der Waals surface area contributed by atoms with Crippen LogP contribution >= 0.6 is 11.6 Å². The number of nitrogens with zero attached hydrogens (tertiary/aromatic N) is 2. The van der Waals surface area contributed by atoms with Crippen molar-refractivity contribution in [1.82, 2.24) is 10.2 Å². The van der Waals surface area contributed by atoms with Crippen molar-refractivity contribution in [3.63, 3.8) is 0 Å². The molecule has 202 valence electrons. The number of sulfonamides is 1. The molecule has 0 aliphatic carbocycles. The van der Waals surface area contributed by atoms with E-state index in [1.807, 2.05) is 6.92 Å². The van der Waals surface area contributed by atoms with Gasteiger partial charge in [0.05, 0.1) is 17.7 Å². The van der Waals surface area contributed by atoms with Crippen LogP contribution in [0.1, 0.15) is 25.0 Å². The van der Waals surface area contributed by atoms with E-state index in [1.165, 1.54) is 24.1 Å². The van der Waals surface area contributed by atoms with Gasteiger partial charge in [-0.15, -0.1) is 0 Å². The van der Waals surface area contributed by atoms with Gasteiger partial charge < -0.3 is 15.0 Å². The van der Waals surface area contributed by atoms with Crippen molar-refractivity contribution >= 4 is 39.1 Å². The van der Waals surface area contributed by atoms with Crippen LogP contribution in [0.15, 0.2) is 77.7 Å². The van der Waals surface area contributed by atoms with Crippen LogP contribution < -0.4 is 14.4 Å². The Morgan fingerprint density at radius 3 is 2.34 bits per heavy atom. The zero-order chi connectivity index (χ0) is 27.9. The molecule has 1 atom stereocenters. The Hall–Kier alpha value is -3.56. The van der Waals surface area contributed by atoms with E-state index < -0.39 is 28.5 Å². The fraction of sp³-hybridized carbons (Fsp3) is 0.286. The predicted octanol–water partition coefficient (Wildman–Crippen LogP) is 4.41. The van der Waals surface area contributed by atoms with Gasteiger partial charge in [0.25, 0.3) is 10.0 Å². The first kappa shape index (κ1) is 29.0. The summed E-state index contributed by atoms with van der Waals surface area (Å²) in [5.74, 6) is -0.493. The first-order valence-corrected chi connectivity index (χ1v) is 13.9. The number of carbonyl (C=O) groups excluding carboxylic acids is 2. The minimum Gasteiger partial charge on any atom is -0.497 e. The van der Waals surface area contributed by atoms with Gasteiger partial charge in [-0.25, -0.2) is 8.42 Å². The van der Waals surface area contributed by atoms with E-state index >= 15 is 0 Å². The molecule has 38 heavy (non-hydrogen) atoms. The van der Waals surface area contributed by atoms with Gasteiger partial charge in [-0.05, 0) is 56.7 Å². The lowest BCUT2D eigenvalue weighted by Crippen LogP contribution is -2.51. The van der Waals surface area contributed by atoms with Crippen molar-refractivity contribution < 1.29 is 22.7 Å². The van der Waals surface area contributed by atoms with Crippen molar-refractivity contribution in [2.24, 2.45) is 0 Å². The van der Waals surface area contributed by atoms with Gasteiger partial charge in [-0.2, -0.15) is 0 Å². The van der Waals surface area contributed by atoms with Crippen molar-refractivity contribution in [1.29, 1.82) is 0 Å². The lowest BCUT2D eigenvalue weighted by molar-refractivity contribution is -0.139. The number of halogens is 1. The highest BCUT2D eigenvalue weighted by Crippen LogP contribution is 2.28. The van der Waals surface area contributed by atoms with Crippen LogP contribution in [0.4, 0.5) is 5.69 Å². The average Bonchev–Trinajstić information content (AvgIpc) is 2.91. The molecule has 0 unspecified atom stereocenters. The predicted molar refractivity (Wildman–Crippen MR) is 149 cm³/mol. The van der Waals surface area contributed by atoms with Crippen molar-refractivity contribution in [2.45, 2.75) is 38.3 Å². The quantitative estimate of drug-likeness (QED) is 0.377. The summed E-state index contributed by atoms with van der Waals surface area (Å²) in [7, 11) is -2.68. The fourth-order valence-corrected chi connectivity index (χ4v) is 5.45. The summed E-state index contributed by atoms with van der Waals surface area (Å²) >= 11 is 6.36. The van der Waals surface area contributed by atoms with Crippen LogP contribution in [0.3, 0.4) is 0 Å². The van der Waals surface area contributed by atoms with Crippen molar-refractivity contribution in [2.75, 3.05) is 24.5 Å². The second-order valence-electron chi connectivity index (χ2n) is 8.71. The van der Waals surface area contributed by atoms with Crippen molar-refractivity contribution in [3.05, 3.63) is 88.9 Å². The molecule has 0 saturated heterocycles. The number of anilines is 1. The number of benzene rings is 3. The topological polar surface area (TPSA) is 96.0 Å². The average molecular weight is 558 g/mol. The number of methoxy groups -OCH3 is 1. The van der Waals surface area contributed by atoms with E-state index in [0.29, 0.717) is 22.9 Å². The summed E-state index contributed by atoms with van der Waals surface area (Å²) in [5, 5.41) is 3.16. The number of aryl methyl sites for hydroxylation is 1. The Morgan fingerprint density at radius 2 is 1.71 bits per heavy atom. The smallest absolute Gasteiger partial charge is 0.264 e. The lowest BCUT2D eigenvalue weighted by Gasteiger charge is -2.32. The minimum atomic E-state index is -4.16. The number of rotatable bonds is 11. The molecule has 0 bridgehead atoms. The Bertz CT molecular complexity index is 1380. The van der Waals surface area contributed by atoms with Gasteiger partial charge in [0.15, 0.2) is 0 Å². The molecular weight excluding hydrogens is 526 g/mol. The molecule has 2 amide bonds. The van der Waals surface area contributed by atoms with Gasteiger partial charge in [0.1, 0.15) is 18.3 Å². The van der Waals surface area contributed by atoms with Crippen LogP contribution in [0.2, 0.25) is 5.02 Å². The second-order valence-corrected chi connectivity index (χ2v) is 11.0. The highest BCUT2D eigenvalue weighted by Gasteiger charge is 2.32. The molecule has 0 aliphatic rings. The maximum absolute atomic E-state index is 13.8. The Kier molecular flexibility index (Phi) is 9.77. The molecule has 1 N–H and O–H groups in total. The number of nitrogens with one attached hydrogen (secondary N) is 1. The monoisotopic (exact) mass is 557 g/mol. The molecule has 0 spiro atoms. The molecule has 3 aromatic carbocycles. The van der Waals surface area contributed by atoms with Gasteiger partial charge in [0.2, 0.25) is 11.8 Å². The van der Waals surface area contributed by atoms with Crippen LogP contribution in [0.5, 0.6) is 5.75 Å². The fourth-order valence-electron chi connectivity index (χ4n) is 3.85. The zero-order valence-electron chi connectivity index (χ0n) is 21.8. The van der Waals surface area contributed by atoms with Crippen LogP contribution in [0, 0.1) is 6.92 Å². The normalized spacial score (nSPS) is 11.9. The van der Waals surface area contributed by atoms with Crippen LogP contribution in [-0.4, -0.2) is 51.4 Å². The zero-order valence-corrected chi connectivity index (χ0v) is 23.4. The summed E-state index contributed by atoms with van der Waals surface area (Å²) in [6.45, 7) is 5.10. The number of ether oxygens (including phenoxy) is 1. The van der Waals surface area contributed by atoms with Crippen LogP contribution in [0.25, 0.3) is 0 Å². The Labute approximate surface area is 229 Å². The second kappa shape index (κ2) is 12.8. The number of hydrogen-bond acceptors (Lipinski definition) is 5.